The van der Waals surface area contributed by atoms with E-state index >= 15 is 0 Å². The lowest BCUT2D eigenvalue weighted by atomic mass is 10.1. The summed E-state index contributed by atoms with van der Waals surface area (Å²) >= 11 is 0. The van der Waals surface area contributed by atoms with Crippen molar-refractivity contribution >= 4 is 21.6 Å². The van der Waals surface area contributed by atoms with Crippen molar-refractivity contribution < 1.29 is 22.7 Å². The lowest BCUT2D eigenvalue weighted by Crippen LogP contribution is -2.33. The number of carbonyl (C=O) groups excluding carboxylic acids is 1. The molecule has 148 valence electrons. The van der Waals surface area contributed by atoms with E-state index < -0.39 is 10.0 Å². The highest BCUT2D eigenvalue weighted by Crippen LogP contribution is 2.33. The van der Waals surface area contributed by atoms with E-state index in [2.05, 4.69) is 10.0 Å². The largest absolute Gasteiger partial charge is 0.486 e. The van der Waals surface area contributed by atoms with Gasteiger partial charge in [-0.1, -0.05) is 25.0 Å². The number of carbonyl (C=O) groups is 1. The molecule has 8 heteroatoms. The maximum atomic E-state index is 12.9. The third-order valence-electron chi connectivity index (χ3n) is 4.93. The molecule has 1 heterocycles. The molecule has 1 fully saturated rings. The molecule has 7 nitrogen and oxygen atoms in total. The van der Waals surface area contributed by atoms with E-state index in [9.17, 15) is 13.2 Å². The van der Waals surface area contributed by atoms with Gasteiger partial charge < -0.3 is 14.8 Å². The van der Waals surface area contributed by atoms with Crippen LogP contribution < -0.4 is 19.5 Å². The van der Waals surface area contributed by atoms with E-state index in [0.29, 0.717) is 30.3 Å². The van der Waals surface area contributed by atoms with Crippen molar-refractivity contribution in [2.24, 2.45) is 0 Å². The Labute approximate surface area is 164 Å². The standard InChI is InChI=1S/C20H22N2O5S/c23-20(21-14-5-1-2-6-14)16-7-3-4-8-17(16)22-28(24,25)15-9-10-18-19(13-15)27-12-11-26-18/h3-4,7-10,13-14,22H,1-2,5-6,11-12H2,(H,21,23). The molecule has 0 aromatic heterocycles. The minimum absolute atomic E-state index is 0.0442. The third-order valence-corrected chi connectivity index (χ3v) is 6.29. The third kappa shape index (κ3) is 3.91. The van der Waals surface area contributed by atoms with Gasteiger partial charge in [0.2, 0.25) is 0 Å². The van der Waals surface area contributed by atoms with Crippen LogP contribution in [-0.4, -0.2) is 33.6 Å². The smallest absolute Gasteiger partial charge is 0.262 e. The Morgan fingerprint density at radius 2 is 1.68 bits per heavy atom. The van der Waals surface area contributed by atoms with Gasteiger partial charge in [0, 0.05) is 12.1 Å². The first kappa shape index (κ1) is 18.6. The molecular weight excluding hydrogens is 380 g/mol. The fourth-order valence-corrected chi connectivity index (χ4v) is 4.59. The molecule has 0 spiro atoms. The maximum Gasteiger partial charge on any atom is 0.262 e. The number of hydrogen-bond donors (Lipinski definition) is 2. The van der Waals surface area contributed by atoms with Crippen LogP contribution in [0.5, 0.6) is 11.5 Å². The van der Waals surface area contributed by atoms with E-state index in [-0.39, 0.29) is 22.5 Å². The van der Waals surface area contributed by atoms with Crippen LogP contribution in [0.2, 0.25) is 0 Å². The van der Waals surface area contributed by atoms with Gasteiger partial charge in [0.25, 0.3) is 15.9 Å². The molecule has 2 aliphatic rings. The van der Waals surface area contributed by atoms with E-state index in [4.69, 9.17) is 9.47 Å². The van der Waals surface area contributed by atoms with Crippen LogP contribution in [0.3, 0.4) is 0 Å². The van der Waals surface area contributed by atoms with Crippen molar-refractivity contribution in [3.05, 3.63) is 48.0 Å². The topological polar surface area (TPSA) is 93.7 Å². The van der Waals surface area contributed by atoms with E-state index in [1.165, 1.54) is 12.1 Å². The predicted molar refractivity (Wildman–Crippen MR) is 104 cm³/mol. The Morgan fingerprint density at radius 1 is 0.964 bits per heavy atom. The molecule has 1 aliphatic carbocycles. The van der Waals surface area contributed by atoms with Gasteiger partial charge in [-0.3, -0.25) is 9.52 Å². The first-order chi connectivity index (χ1) is 13.5. The Hall–Kier alpha value is -2.74. The van der Waals surface area contributed by atoms with Crippen molar-refractivity contribution in [1.82, 2.24) is 5.32 Å². The molecule has 2 aromatic rings. The number of fused-ring (bicyclic) bond motifs is 1. The number of benzene rings is 2. The second-order valence-electron chi connectivity index (χ2n) is 6.91. The highest BCUT2D eigenvalue weighted by atomic mass is 32.2. The van der Waals surface area contributed by atoms with Gasteiger partial charge in [0.1, 0.15) is 13.2 Å². The van der Waals surface area contributed by atoms with Crippen molar-refractivity contribution in [3.63, 3.8) is 0 Å². The van der Waals surface area contributed by atoms with Crippen LogP contribution in [0.25, 0.3) is 0 Å². The SMILES string of the molecule is O=C(NC1CCCC1)c1ccccc1NS(=O)(=O)c1ccc2c(c1)OCCO2. The Morgan fingerprint density at radius 3 is 2.46 bits per heavy atom. The number of ether oxygens (including phenoxy) is 2. The summed E-state index contributed by atoms with van der Waals surface area (Å²) in [6.07, 6.45) is 4.11. The molecule has 0 radical (unpaired) electrons. The lowest BCUT2D eigenvalue weighted by Gasteiger charge is -2.19. The van der Waals surface area contributed by atoms with Crippen molar-refractivity contribution in [2.75, 3.05) is 17.9 Å². The summed E-state index contributed by atoms with van der Waals surface area (Å²) in [6, 6.07) is 11.2. The summed E-state index contributed by atoms with van der Waals surface area (Å²) in [5.41, 5.74) is 0.545. The van der Waals surface area contributed by atoms with Gasteiger partial charge in [-0.05, 0) is 37.1 Å². The number of rotatable bonds is 5. The molecule has 2 aromatic carbocycles. The lowest BCUT2D eigenvalue weighted by molar-refractivity contribution is 0.0939. The number of anilines is 1. The molecular formula is C20H22N2O5S. The van der Waals surface area contributed by atoms with E-state index in [1.54, 1.807) is 30.3 Å². The van der Waals surface area contributed by atoms with Gasteiger partial charge in [-0.25, -0.2) is 8.42 Å². The van der Waals surface area contributed by atoms with Crippen LogP contribution in [0.4, 0.5) is 5.69 Å². The molecule has 4 rings (SSSR count). The monoisotopic (exact) mass is 402 g/mol. The quantitative estimate of drug-likeness (QED) is 0.802. The molecule has 1 saturated carbocycles. The van der Waals surface area contributed by atoms with Gasteiger partial charge in [-0.15, -0.1) is 0 Å². The first-order valence-electron chi connectivity index (χ1n) is 9.35. The molecule has 0 bridgehead atoms. The molecule has 2 N–H and O–H groups in total. The summed E-state index contributed by atoms with van der Waals surface area (Å²) < 4.78 is 39.2. The average Bonchev–Trinajstić information content (AvgIpc) is 3.20. The predicted octanol–water partition coefficient (Wildman–Crippen LogP) is 2.93. The summed E-state index contributed by atoms with van der Waals surface area (Å²) in [4.78, 5) is 12.7. The van der Waals surface area contributed by atoms with Crippen molar-refractivity contribution in [3.8, 4) is 11.5 Å². The summed E-state index contributed by atoms with van der Waals surface area (Å²) in [5.74, 6) is 0.635. The van der Waals surface area contributed by atoms with Crippen LogP contribution >= 0.6 is 0 Å². The van der Waals surface area contributed by atoms with E-state index in [0.717, 1.165) is 25.7 Å². The van der Waals surface area contributed by atoms with Crippen LogP contribution in [0.15, 0.2) is 47.4 Å². The molecule has 0 atom stereocenters. The highest BCUT2D eigenvalue weighted by molar-refractivity contribution is 7.92. The Kier molecular flexibility index (Phi) is 5.13. The van der Waals surface area contributed by atoms with Gasteiger partial charge >= 0.3 is 0 Å². The number of nitrogens with one attached hydrogen (secondary N) is 2. The van der Waals surface area contributed by atoms with Crippen LogP contribution in [-0.2, 0) is 10.0 Å². The van der Waals surface area contributed by atoms with Crippen molar-refractivity contribution in [2.45, 2.75) is 36.6 Å². The first-order valence-corrected chi connectivity index (χ1v) is 10.8. The summed E-state index contributed by atoms with van der Waals surface area (Å²) in [6.45, 7) is 0.801. The second kappa shape index (κ2) is 7.71. The molecule has 0 saturated heterocycles. The zero-order valence-corrected chi connectivity index (χ0v) is 16.1. The molecule has 28 heavy (non-hydrogen) atoms. The fourth-order valence-electron chi connectivity index (χ4n) is 3.50. The Bertz CT molecular complexity index is 984. The summed E-state index contributed by atoms with van der Waals surface area (Å²) in [7, 11) is -3.90. The normalized spacial score (nSPS) is 16.6. The maximum absolute atomic E-state index is 12.9. The highest BCUT2D eigenvalue weighted by Gasteiger charge is 2.23. The molecule has 0 unspecified atom stereocenters. The zero-order valence-electron chi connectivity index (χ0n) is 15.3. The van der Waals surface area contributed by atoms with Gasteiger partial charge in [-0.2, -0.15) is 0 Å². The zero-order chi connectivity index (χ0) is 19.6. The minimum Gasteiger partial charge on any atom is -0.486 e. The number of sulfonamides is 1. The van der Waals surface area contributed by atoms with Crippen LogP contribution in [0.1, 0.15) is 36.0 Å². The van der Waals surface area contributed by atoms with Gasteiger partial charge in [0.05, 0.1) is 16.1 Å². The molecule has 1 amide bonds. The second-order valence-corrected chi connectivity index (χ2v) is 8.59. The average molecular weight is 402 g/mol. The molecule has 1 aliphatic heterocycles. The number of amides is 1. The number of hydrogen-bond acceptors (Lipinski definition) is 5. The number of para-hydroxylation sites is 1. The van der Waals surface area contributed by atoms with Crippen molar-refractivity contribution in [1.29, 1.82) is 0 Å². The fraction of sp³-hybridized carbons (Fsp3) is 0.350. The van der Waals surface area contributed by atoms with E-state index in [1.807, 2.05) is 0 Å². The minimum atomic E-state index is -3.90. The summed E-state index contributed by atoms with van der Waals surface area (Å²) in [5, 5.41) is 2.99. The Balaban J connectivity index is 1.57. The van der Waals surface area contributed by atoms with Gasteiger partial charge in [0.15, 0.2) is 11.5 Å². The van der Waals surface area contributed by atoms with Crippen LogP contribution in [0, 0.1) is 0 Å².